The lowest BCUT2D eigenvalue weighted by Crippen LogP contribution is -2.14. The minimum atomic E-state index is -0.452. The summed E-state index contributed by atoms with van der Waals surface area (Å²) in [6.07, 6.45) is 2.16. The molecule has 30 heavy (non-hydrogen) atoms. The molecule has 0 aliphatic carbocycles. The molecule has 0 atom stereocenters. The normalized spacial score (nSPS) is 10.6. The van der Waals surface area contributed by atoms with E-state index in [1.807, 2.05) is 36.4 Å². The molecule has 0 bridgehead atoms. The topological polar surface area (TPSA) is 92.8 Å². The summed E-state index contributed by atoms with van der Waals surface area (Å²) in [5, 5.41) is 10.1. The number of H-pyrrole nitrogens is 1. The lowest BCUT2D eigenvalue weighted by molar-refractivity contribution is 0.101. The number of hydrogen-bond acceptors (Lipinski definition) is 5. The number of carbonyl (C=O) groups is 1. The van der Waals surface area contributed by atoms with E-state index >= 15 is 0 Å². The van der Waals surface area contributed by atoms with Gasteiger partial charge >= 0.3 is 0 Å². The van der Waals surface area contributed by atoms with E-state index in [9.17, 15) is 4.79 Å². The summed E-state index contributed by atoms with van der Waals surface area (Å²) in [5.74, 6) is 1.25. The SMILES string of the molecule is COc1ccc(Cl)c(-c2ccnc(NC(=O)c3n[nH]c(Cc4ccccc4)n3)c2)c1. The Hall–Kier alpha value is -3.71. The molecule has 0 aliphatic rings. The summed E-state index contributed by atoms with van der Waals surface area (Å²) in [5.41, 5.74) is 2.64. The number of nitrogens with one attached hydrogen (secondary N) is 2. The van der Waals surface area contributed by atoms with Crippen LogP contribution in [0.1, 0.15) is 22.0 Å². The Morgan fingerprint density at radius 3 is 2.77 bits per heavy atom. The number of carbonyl (C=O) groups excluding carboxylic acids is 1. The van der Waals surface area contributed by atoms with E-state index in [4.69, 9.17) is 16.3 Å². The number of ether oxygens (including phenoxy) is 1. The van der Waals surface area contributed by atoms with Crippen LogP contribution in [0.4, 0.5) is 5.82 Å². The van der Waals surface area contributed by atoms with Gasteiger partial charge in [0.15, 0.2) is 0 Å². The van der Waals surface area contributed by atoms with E-state index in [1.165, 1.54) is 0 Å². The standard InChI is InChI=1S/C22H18ClN5O2/c1-30-16-7-8-18(23)17(13-16)15-9-10-24-19(12-15)26-22(29)21-25-20(27-28-21)11-14-5-3-2-4-6-14/h2-10,12-13H,11H2,1H3,(H,24,26,29)(H,25,27,28). The van der Waals surface area contributed by atoms with E-state index < -0.39 is 5.91 Å². The molecule has 1 amide bonds. The Morgan fingerprint density at radius 1 is 1.13 bits per heavy atom. The zero-order chi connectivity index (χ0) is 20.9. The molecule has 2 aromatic heterocycles. The first-order chi connectivity index (χ1) is 14.6. The molecule has 8 heteroatoms. The van der Waals surface area contributed by atoms with Crippen LogP contribution in [0.2, 0.25) is 5.02 Å². The predicted molar refractivity (Wildman–Crippen MR) is 115 cm³/mol. The highest BCUT2D eigenvalue weighted by Crippen LogP contribution is 2.32. The molecule has 4 aromatic rings. The highest BCUT2D eigenvalue weighted by atomic mass is 35.5. The van der Waals surface area contributed by atoms with Crippen LogP contribution in [0.25, 0.3) is 11.1 Å². The van der Waals surface area contributed by atoms with E-state index in [-0.39, 0.29) is 5.82 Å². The molecular weight excluding hydrogens is 402 g/mol. The number of aromatic amines is 1. The van der Waals surface area contributed by atoms with Crippen LogP contribution in [-0.4, -0.2) is 33.2 Å². The third-order valence-electron chi connectivity index (χ3n) is 4.44. The number of pyridine rings is 1. The number of halogens is 1. The highest BCUT2D eigenvalue weighted by Gasteiger charge is 2.14. The van der Waals surface area contributed by atoms with Crippen LogP contribution < -0.4 is 10.1 Å². The van der Waals surface area contributed by atoms with Crippen LogP contribution in [0.5, 0.6) is 5.75 Å². The maximum atomic E-state index is 12.6. The Kier molecular flexibility index (Phi) is 5.72. The Balaban J connectivity index is 1.50. The summed E-state index contributed by atoms with van der Waals surface area (Å²) in [6, 6.07) is 18.7. The molecule has 0 saturated carbocycles. The quantitative estimate of drug-likeness (QED) is 0.484. The van der Waals surface area contributed by atoms with Crippen molar-refractivity contribution in [3.05, 3.63) is 89.1 Å². The Labute approximate surface area is 178 Å². The number of methoxy groups -OCH3 is 1. The molecule has 0 radical (unpaired) electrons. The van der Waals surface area contributed by atoms with Crippen LogP contribution >= 0.6 is 11.6 Å². The molecule has 0 aliphatic heterocycles. The van der Waals surface area contributed by atoms with Crippen LogP contribution in [0.15, 0.2) is 66.9 Å². The molecular formula is C22H18ClN5O2. The fourth-order valence-corrected chi connectivity index (χ4v) is 3.18. The van der Waals surface area contributed by atoms with Crippen LogP contribution in [0, 0.1) is 0 Å². The van der Waals surface area contributed by atoms with Gasteiger partial charge in [0.1, 0.15) is 17.4 Å². The number of aromatic nitrogens is 4. The van der Waals surface area contributed by atoms with Gasteiger partial charge in [-0.2, -0.15) is 0 Å². The number of amides is 1. The van der Waals surface area contributed by atoms with Crippen molar-refractivity contribution in [1.29, 1.82) is 0 Å². The smallest absolute Gasteiger partial charge is 0.296 e. The highest BCUT2D eigenvalue weighted by molar-refractivity contribution is 6.33. The fraction of sp³-hybridized carbons (Fsp3) is 0.0909. The average molecular weight is 420 g/mol. The molecule has 2 N–H and O–H groups in total. The maximum Gasteiger partial charge on any atom is 0.296 e. The first-order valence-electron chi connectivity index (χ1n) is 9.19. The van der Waals surface area contributed by atoms with Gasteiger partial charge in [-0.3, -0.25) is 9.89 Å². The fourth-order valence-electron chi connectivity index (χ4n) is 2.96. The van der Waals surface area contributed by atoms with Gasteiger partial charge in [0, 0.05) is 23.2 Å². The largest absolute Gasteiger partial charge is 0.497 e. The number of nitrogens with zero attached hydrogens (tertiary/aromatic N) is 3. The monoisotopic (exact) mass is 419 g/mol. The van der Waals surface area contributed by atoms with Crippen LogP contribution in [0.3, 0.4) is 0 Å². The molecule has 0 unspecified atom stereocenters. The third kappa shape index (κ3) is 4.47. The number of hydrogen-bond donors (Lipinski definition) is 2. The number of rotatable bonds is 6. The number of anilines is 1. The van der Waals surface area contributed by atoms with Crippen molar-refractivity contribution in [2.75, 3.05) is 12.4 Å². The summed E-state index contributed by atoms with van der Waals surface area (Å²) >= 11 is 6.32. The predicted octanol–water partition coefficient (Wildman–Crippen LogP) is 4.37. The summed E-state index contributed by atoms with van der Waals surface area (Å²) in [4.78, 5) is 21.0. The van der Waals surface area contributed by atoms with Crippen molar-refractivity contribution < 1.29 is 9.53 Å². The van der Waals surface area contributed by atoms with Gasteiger partial charge in [-0.05, 0) is 41.5 Å². The van der Waals surface area contributed by atoms with E-state index in [0.717, 1.165) is 16.7 Å². The Bertz CT molecular complexity index is 1180. The van der Waals surface area contributed by atoms with Gasteiger partial charge in [-0.25, -0.2) is 9.97 Å². The average Bonchev–Trinajstić information content (AvgIpc) is 3.24. The molecule has 4 rings (SSSR count). The van der Waals surface area contributed by atoms with Gasteiger partial charge in [0.05, 0.1) is 7.11 Å². The molecule has 0 saturated heterocycles. The van der Waals surface area contributed by atoms with Gasteiger partial charge in [-0.1, -0.05) is 41.9 Å². The van der Waals surface area contributed by atoms with Crippen molar-refractivity contribution in [3.8, 4) is 16.9 Å². The molecule has 0 fully saturated rings. The molecule has 0 spiro atoms. The van der Waals surface area contributed by atoms with Gasteiger partial charge in [-0.15, -0.1) is 5.10 Å². The summed E-state index contributed by atoms with van der Waals surface area (Å²) < 4.78 is 5.26. The minimum absolute atomic E-state index is 0.0487. The van der Waals surface area contributed by atoms with E-state index in [0.29, 0.717) is 28.8 Å². The Morgan fingerprint density at radius 2 is 1.97 bits per heavy atom. The van der Waals surface area contributed by atoms with E-state index in [2.05, 4.69) is 25.5 Å². The second kappa shape index (κ2) is 8.75. The van der Waals surface area contributed by atoms with Crippen molar-refractivity contribution in [3.63, 3.8) is 0 Å². The lowest BCUT2D eigenvalue weighted by Gasteiger charge is -2.09. The second-order valence-corrected chi connectivity index (χ2v) is 6.90. The number of benzene rings is 2. The zero-order valence-electron chi connectivity index (χ0n) is 16.1. The summed E-state index contributed by atoms with van der Waals surface area (Å²) in [7, 11) is 1.59. The zero-order valence-corrected chi connectivity index (χ0v) is 16.8. The van der Waals surface area contributed by atoms with Crippen molar-refractivity contribution in [2.24, 2.45) is 0 Å². The van der Waals surface area contributed by atoms with Gasteiger partial charge in [0.2, 0.25) is 5.82 Å². The third-order valence-corrected chi connectivity index (χ3v) is 4.76. The first kappa shape index (κ1) is 19.6. The summed E-state index contributed by atoms with van der Waals surface area (Å²) in [6.45, 7) is 0. The molecule has 2 aromatic carbocycles. The van der Waals surface area contributed by atoms with Crippen molar-refractivity contribution >= 4 is 23.3 Å². The van der Waals surface area contributed by atoms with Crippen molar-refractivity contribution in [2.45, 2.75) is 6.42 Å². The van der Waals surface area contributed by atoms with Gasteiger partial charge < -0.3 is 10.1 Å². The molecule has 7 nitrogen and oxygen atoms in total. The molecule has 150 valence electrons. The van der Waals surface area contributed by atoms with Crippen LogP contribution in [-0.2, 0) is 6.42 Å². The lowest BCUT2D eigenvalue weighted by atomic mass is 10.1. The first-order valence-corrected chi connectivity index (χ1v) is 9.56. The van der Waals surface area contributed by atoms with Crippen molar-refractivity contribution in [1.82, 2.24) is 20.2 Å². The minimum Gasteiger partial charge on any atom is -0.497 e. The second-order valence-electron chi connectivity index (χ2n) is 6.50. The van der Waals surface area contributed by atoms with E-state index in [1.54, 1.807) is 37.6 Å². The molecule has 2 heterocycles. The maximum absolute atomic E-state index is 12.6. The van der Waals surface area contributed by atoms with Gasteiger partial charge in [0.25, 0.3) is 5.91 Å².